The molecular formula is C16H21BrN2O2. The van der Waals surface area contributed by atoms with Gasteiger partial charge in [-0.2, -0.15) is 0 Å². The van der Waals surface area contributed by atoms with E-state index in [-0.39, 0.29) is 10.6 Å². The van der Waals surface area contributed by atoms with Crippen LogP contribution < -0.4 is 5.32 Å². The van der Waals surface area contributed by atoms with Crippen molar-refractivity contribution in [2.24, 2.45) is 16.7 Å². The minimum atomic E-state index is -0.365. The van der Waals surface area contributed by atoms with E-state index in [0.29, 0.717) is 16.9 Å². The molecule has 0 radical (unpaired) electrons. The quantitative estimate of drug-likeness (QED) is 0.616. The summed E-state index contributed by atoms with van der Waals surface area (Å²) in [5, 5.41) is 14.4. The summed E-state index contributed by atoms with van der Waals surface area (Å²) in [5.41, 5.74) is 1.72. The lowest BCUT2D eigenvalue weighted by Crippen LogP contribution is -2.40. The van der Waals surface area contributed by atoms with E-state index >= 15 is 0 Å². The molecule has 0 aromatic heterocycles. The molecule has 2 saturated carbocycles. The van der Waals surface area contributed by atoms with Crippen molar-refractivity contribution in [1.29, 1.82) is 0 Å². The molecule has 1 N–H and O–H groups in total. The first kappa shape index (κ1) is 14.8. The standard InChI is InChI=1S/C16H21BrN2O2/c1-15(2)10-6-7-16(15,3)14(8-10)18-13-5-4-11(19(20)21)9-12(13)17/h4-5,9-10,14,18H,6-8H2,1-3H3. The number of fused-ring (bicyclic) bond motifs is 2. The number of nitrogens with one attached hydrogen (secondary N) is 1. The molecule has 2 aliphatic carbocycles. The Morgan fingerprint density at radius 3 is 2.57 bits per heavy atom. The second kappa shape index (κ2) is 4.70. The first-order valence-electron chi connectivity index (χ1n) is 7.46. The summed E-state index contributed by atoms with van der Waals surface area (Å²) in [4.78, 5) is 10.4. The van der Waals surface area contributed by atoms with E-state index < -0.39 is 0 Å². The average Bonchev–Trinajstić information content (AvgIpc) is 2.74. The summed E-state index contributed by atoms with van der Waals surface area (Å²) in [6, 6.07) is 5.38. The maximum absolute atomic E-state index is 10.8. The molecule has 1 aromatic carbocycles. The molecule has 3 atom stereocenters. The highest BCUT2D eigenvalue weighted by atomic mass is 79.9. The maximum atomic E-state index is 10.8. The fourth-order valence-corrected chi connectivity index (χ4v) is 4.83. The van der Waals surface area contributed by atoms with Gasteiger partial charge in [0.2, 0.25) is 0 Å². The van der Waals surface area contributed by atoms with Crippen LogP contribution in [0.2, 0.25) is 0 Å². The Kier molecular flexibility index (Phi) is 3.32. The van der Waals surface area contributed by atoms with Crippen molar-refractivity contribution < 1.29 is 4.92 Å². The van der Waals surface area contributed by atoms with Crippen molar-refractivity contribution in [1.82, 2.24) is 0 Å². The minimum Gasteiger partial charge on any atom is -0.381 e. The van der Waals surface area contributed by atoms with Crippen molar-refractivity contribution in [3.05, 3.63) is 32.8 Å². The molecule has 2 fully saturated rings. The van der Waals surface area contributed by atoms with Gasteiger partial charge >= 0.3 is 0 Å². The molecule has 3 rings (SSSR count). The summed E-state index contributed by atoms with van der Waals surface area (Å²) < 4.78 is 0.765. The second-order valence-corrected chi connectivity index (χ2v) is 8.08. The Bertz CT molecular complexity index is 602. The van der Waals surface area contributed by atoms with Gasteiger partial charge in [0.1, 0.15) is 0 Å². The predicted octanol–water partition coefficient (Wildman–Crippen LogP) is 4.98. The van der Waals surface area contributed by atoms with Crippen LogP contribution in [-0.4, -0.2) is 11.0 Å². The molecule has 5 heteroatoms. The number of nitro benzene ring substituents is 1. The summed E-state index contributed by atoms with van der Waals surface area (Å²) in [6.45, 7) is 7.16. The van der Waals surface area contributed by atoms with Crippen molar-refractivity contribution in [2.45, 2.75) is 46.1 Å². The highest BCUT2D eigenvalue weighted by molar-refractivity contribution is 9.10. The minimum absolute atomic E-state index is 0.118. The SMILES string of the molecule is CC1(C)C2CCC1(C)C(Nc1ccc([N+](=O)[O-])cc1Br)C2. The lowest BCUT2D eigenvalue weighted by molar-refractivity contribution is -0.384. The second-order valence-electron chi connectivity index (χ2n) is 7.23. The number of anilines is 1. The van der Waals surface area contributed by atoms with Crippen LogP contribution in [0.1, 0.15) is 40.0 Å². The fraction of sp³-hybridized carbons (Fsp3) is 0.625. The number of benzene rings is 1. The summed E-state index contributed by atoms with van der Waals surface area (Å²) in [6.07, 6.45) is 3.77. The number of hydrogen-bond acceptors (Lipinski definition) is 3. The Morgan fingerprint density at radius 1 is 1.38 bits per heavy atom. The Labute approximate surface area is 133 Å². The summed E-state index contributed by atoms with van der Waals surface area (Å²) >= 11 is 3.45. The molecule has 0 aliphatic heterocycles. The first-order valence-corrected chi connectivity index (χ1v) is 8.25. The van der Waals surface area contributed by atoms with Gasteiger partial charge in [-0.25, -0.2) is 0 Å². The van der Waals surface area contributed by atoms with Crippen molar-refractivity contribution in [3.8, 4) is 0 Å². The number of hydrogen-bond donors (Lipinski definition) is 1. The molecule has 0 heterocycles. The van der Waals surface area contributed by atoms with E-state index in [2.05, 4.69) is 42.0 Å². The molecule has 2 bridgehead atoms. The number of nitrogens with zero attached hydrogens (tertiary/aromatic N) is 1. The van der Waals surface area contributed by atoms with Crippen LogP contribution in [0.3, 0.4) is 0 Å². The molecule has 1 aromatic rings. The third kappa shape index (κ3) is 2.08. The molecule has 0 saturated heterocycles. The summed E-state index contributed by atoms with van der Waals surface area (Å²) in [7, 11) is 0. The molecule has 4 nitrogen and oxygen atoms in total. The smallest absolute Gasteiger partial charge is 0.270 e. The number of rotatable bonds is 3. The lowest BCUT2D eigenvalue weighted by atomic mass is 9.69. The van der Waals surface area contributed by atoms with E-state index in [1.165, 1.54) is 19.3 Å². The summed E-state index contributed by atoms with van der Waals surface area (Å²) in [5.74, 6) is 0.775. The van der Waals surface area contributed by atoms with Gasteiger partial charge in [-0.15, -0.1) is 0 Å². The van der Waals surface area contributed by atoms with Gasteiger partial charge in [0.05, 0.1) is 4.92 Å². The molecule has 114 valence electrons. The number of nitro groups is 1. The van der Waals surface area contributed by atoms with Crippen LogP contribution in [0.4, 0.5) is 11.4 Å². The van der Waals surface area contributed by atoms with E-state index in [4.69, 9.17) is 0 Å². The molecule has 3 unspecified atom stereocenters. The number of non-ortho nitro benzene ring substituents is 1. The largest absolute Gasteiger partial charge is 0.381 e. The highest BCUT2D eigenvalue weighted by Crippen LogP contribution is 2.66. The van der Waals surface area contributed by atoms with Crippen LogP contribution in [-0.2, 0) is 0 Å². The Hall–Kier alpha value is -1.10. The van der Waals surface area contributed by atoms with Crippen molar-refractivity contribution in [3.63, 3.8) is 0 Å². The number of halogens is 1. The zero-order valence-corrected chi connectivity index (χ0v) is 14.2. The molecular weight excluding hydrogens is 332 g/mol. The molecule has 2 aliphatic rings. The third-order valence-corrected chi connectivity index (χ3v) is 6.94. The van der Waals surface area contributed by atoms with Crippen LogP contribution in [0.25, 0.3) is 0 Å². The fourth-order valence-electron chi connectivity index (χ4n) is 4.34. The van der Waals surface area contributed by atoms with E-state index in [1.807, 2.05) is 6.07 Å². The van der Waals surface area contributed by atoms with Crippen molar-refractivity contribution in [2.75, 3.05) is 5.32 Å². The van der Waals surface area contributed by atoms with E-state index in [0.717, 1.165) is 16.1 Å². The van der Waals surface area contributed by atoms with E-state index in [1.54, 1.807) is 12.1 Å². The Morgan fingerprint density at radius 2 is 2.10 bits per heavy atom. The van der Waals surface area contributed by atoms with Crippen LogP contribution in [0, 0.1) is 26.9 Å². The third-order valence-electron chi connectivity index (χ3n) is 6.29. The monoisotopic (exact) mass is 352 g/mol. The lowest BCUT2D eigenvalue weighted by Gasteiger charge is -2.40. The van der Waals surface area contributed by atoms with Gasteiger partial charge < -0.3 is 5.32 Å². The van der Waals surface area contributed by atoms with E-state index in [9.17, 15) is 10.1 Å². The highest BCUT2D eigenvalue weighted by Gasteiger charge is 2.61. The average molecular weight is 353 g/mol. The molecule has 21 heavy (non-hydrogen) atoms. The zero-order chi connectivity index (χ0) is 15.4. The van der Waals surface area contributed by atoms with Gasteiger partial charge in [-0.3, -0.25) is 10.1 Å². The predicted molar refractivity (Wildman–Crippen MR) is 87.4 cm³/mol. The van der Waals surface area contributed by atoms with Gasteiger partial charge in [-0.05, 0) is 58.0 Å². The molecule has 0 spiro atoms. The van der Waals surface area contributed by atoms with Crippen LogP contribution in [0.5, 0.6) is 0 Å². The van der Waals surface area contributed by atoms with Gasteiger partial charge in [0.15, 0.2) is 0 Å². The van der Waals surface area contributed by atoms with Crippen LogP contribution in [0.15, 0.2) is 22.7 Å². The van der Waals surface area contributed by atoms with Gasteiger partial charge in [0, 0.05) is 28.3 Å². The van der Waals surface area contributed by atoms with Crippen LogP contribution >= 0.6 is 15.9 Å². The van der Waals surface area contributed by atoms with Gasteiger partial charge in [0.25, 0.3) is 5.69 Å². The maximum Gasteiger partial charge on any atom is 0.270 e. The van der Waals surface area contributed by atoms with Gasteiger partial charge in [-0.1, -0.05) is 20.8 Å². The molecule has 0 amide bonds. The first-order chi connectivity index (χ1) is 9.75. The normalized spacial score (nSPS) is 33.1. The van der Waals surface area contributed by atoms with Crippen molar-refractivity contribution >= 4 is 27.3 Å². The topological polar surface area (TPSA) is 55.2 Å². The Balaban J connectivity index is 1.84. The zero-order valence-electron chi connectivity index (χ0n) is 12.6.